The summed E-state index contributed by atoms with van der Waals surface area (Å²) in [6, 6.07) is 5.93. The minimum absolute atomic E-state index is 0.248. The summed E-state index contributed by atoms with van der Waals surface area (Å²) < 4.78 is 27.2. The number of aromatic amines is 1. The molecule has 0 aliphatic rings. The highest BCUT2D eigenvalue weighted by Crippen LogP contribution is 2.27. The van der Waals surface area contributed by atoms with Gasteiger partial charge in [-0.1, -0.05) is 26.0 Å². The van der Waals surface area contributed by atoms with Gasteiger partial charge in [0.1, 0.15) is 5.82 Å². The Morgan fingerprint density at radius 2 is 2.00 bits per heavy atom. The SMILES string of the molecule is CCCn1c([S@@](=O)[C@H](CC)c2ccc(F)cc2)n[nH]c1=O. The van der Waals surface area contributed by atoms with E-state index in [1.165, 1.54) is 16.7 Å². The Hall–Kier alpha value is -1.76. The van der Waals surface area contributed by atoms with Crippen molar-refractivity contribution in [3.05, 3.63) is 46.1 Å². The van der Waals surface area contributed by atoms with Crippen LogP contribution in [0.1, 0.15) is 37.5 Å². The average molecular weight is 311 g/mol. The third-order valence-corrected chi connectivity index (χ3v) is 5.02. The van der Waals surface area contributed by atoms with E-state index in [9.17, 15) is 13.4 Å². The molecule has 0 saturated carbocycles. The fraction of sp³-hybridized carbons (Fsp3) is 0.429. The summed E-state index contributed by atoms with van der Waals surface area (Å²) in [5.74, 6) is -0.331. The van der Waals surface area contributed by atoms with Gasteiger partial charge in [-0.3, -0.25) is 8.78 Å². The molecule has 5 nitrogen and oxygen atoms in total. The van der Waals surface area contributed by atoms with Gasteiger partial charge in [0.05, 0.1) is 16.0 Å². The van der Waals surface area contributed by atoms with Gasteiger partial charge in [-0.15, -0.1) is 5.10 Å². The average Bonchev–Trinajstić information content (AvgIpc) is 2.83. The third-order valence-electron chi connectivity index (χ3n) is 3.22. The van der Waals surface area contributed by atoms with E-state index in [0.717, 1.165) is 12.0 Å². The number of halogens is 1. The van der Waals surface area contributed by atoms with Crippen LogP contribution in [0.3, 0.4) is 0 Å². The smallest absolute Gasteiger partial charge is 0.268 e. The van der Waals surface area contributed by atoms with Crippen LogP contribution in [0.15, 0.2) is 34.2 Å². The van der Waals surface area contributed by atoms with E-state index < -0.39 is 10.8 Å². The maximum absolute atomic E-state index is 13.0. The number of H-pyrrole nitrogens is 1. The number of rotatable bonds is 6. The molecular formula is C14H18FN3O2S. The summed E-state index contributed by atoms with van der Waals surface area (Å²) in [5.41, 5.74) is 0.421. The maximum Gasteiger partial charge on any atom is 0.344 e. The molecule has 114 valence electrons. The zero-order chi connectivity index (χ0) is 15.4. The van der Waals surface area contributed by atoms with Crippen LogP contribution >= 0.6 is 0 Å². The summed E-state index contributed by atoms with van der Waals surface area (Å²) in [7, 11) is -1.47. The van der Waals surface area contributed by atoms with Crippen molar-refractivity contribution in [1.82, 2.24) is 14.8 Å². The minimum Gasteiger partial charge on any atom is -0.268 e. The molecule has 1 N–H and O–H groups in total. The Kier molecular flexibility index (Phi) is 5.06. The van der Waals surface area contributed by atoms with Crippen LogP contribution in [0.4, 0.5) is 4.39 Å². The second kappa shape index (κ2) is 6.80. The molecular weight excluding hydrogens is 293 g/mol. The van der Waals surface area contributed by atoms with E-state index in [-0.39, 0.29) is 21.9 Å². The summed E-state index contributed by atoms with van der Waals surface area (Å²) in [5, 5.41) is 6.17. The Bertz CT molecular complexity index is 678. The van der Waals surface area contributed by atoms with Crippen molar-refractivity contribution in [1.29, 1.82) is 0 Å². The van der Waals surface area contributed by atoms with E-state index in [4.69, 9.17) is 0 Å². The Balaban J connectivity index is 2.37. The molecule has 0 spiro atoms. The zero-order valence-electron chi connectivity index (χ0n) is 12.0. The number of hydrogen-bond acceptors (Lipinski definition) is 3. The van der Waals surface area contributed by atoms with Gasteiger partial charge in [0.15, 0.2) is 0 Å². The summed E-state index contributed by atoms with van der Waals surface area (Å²) in [4.78, 5) is 11.7. The number of aromatic nitrogens is 3. The zero-order valence-corrected chi connectivity index (χ0v) is 12.8. The number of hydrogen-bond donors (Lipinski definition) is 1. The molecule has 7 heteroatoms. The Morgan fingerprint density at radius 3 is 2.57 bits per heavy atom. The lowest BCUT2D eigenvalue weighted by Gasteiger charge is -2.14. The molecule has 0 aliphatic carbocycles. The summed E-state index contributed by atoms with van der Waals surface area (Å²) in [6.07, 6.45) is 1.35. The van der Waals surface area contributed by atoms with Crippen LogP contribution in [0.5, 0.6) is 0 Å². The molecule has 2 rings (SSSR count). The quantitative estimate of drug-likeness (QED) is 0.890. The van der Waals surface area contributed by atoms with Crippen LogP contribution in [0, 0.1) is 5.82 Å². The van der Waals surface area contributed by atoms with Crippen LogP contribution in [-0.2, 0) is 17.3 Å². The molecule has 0 radical (unpaired) electrons. The monoisotopic (exact) mass is 311 g/mol. The molecule has 2 aromatic rings. The number of benzene rings is 1. The molecule has 2 atom stereocenters. The van der Waals surface area contributed by atoms with Crippen LogP contribution in [-0.4, -0.2) is 19.0 Å². The van der Waals surface area contributed by atoms with Crippen molar-refractivity contribution < 1.29 is 8.60 Å². The van der Waals surface area contributed by atoms with Gasteiger partial charge in [-0.2, -0.15) is 0 Å². The second-order valence-electron chi connectivity index (χ2n) is 4.71. The van der Waals surface area contributed by atoms with Crippen LogP contribution < -0.4 is 5.69 Å². The predicted octanol–water partition coefficient (Wildman–Crippen LogP) is 2.38. The van der Waals surface area contributed by atoms with E-state index in [2.05, 4.69) is 10.2 Å². The maximum atomic E-state index is 13.0. The van der Waals surface area contributed by atoms with Gasteiger partial charge in [-0.25, -0.2) is 14.3 Å². The lowest BCUT2D eigenvalue weighted by molar-refractivity contribution is 0.584. The van der Waals surface area contributed by atoms with Gasteiger partial charge < -0.3 is 0 Å². The number of nitrogens with one attached hydrogen (secondary N) is 1. The first-order chi connectivity index (χ1) is 10.1. The summed E-state index contributed by atoms with van der Waals surface area (Å²) in [6.45, 7) is 4.31. The molecule has 0 bridgehead atoms. The minimum atomic E-state index is -1.47. The molecule has 0 aliphatic heterocycles. The van der Waals surface area contributed by atoms with Gasteiger partial charge in [-0.05, 0) is 30.5 Å². The van der Waals surface area contributed by atoms with Gasteiger partial charge in [0, 0.05) is 6.54 Å². The highest BCUT2D eigenvalue weighted by atomic mass is 32.2. The molecule has 1 aromatic heterocycles. The first-order valence-electron chi connectivity index (χ1n) is 6.89. The lowest BCUT2D eigenvalue weighted by atomic mass is 10.1. The van der Waals surface area contributed by atoms with E-state index >= 15 is 0 Å². The topological polar surface area (TPSA) is 67.8 Å². The second-order valence-corrected chi connectivity index (χ2v) is 6.24. The molecule has 0 saturated heterocycles. The normalized spacial score (nSPS) is 14.0. The van der Waals surface area contributed by atoms with Crippen LogP contribution in [0.25, 0.3) is 0 Å². The van der Waals surface area contributed by atoms with Crippen molar-refractivity contribution in [2.45, 2.75) is 43.6 Å². The van der Waals surface area contributed by atoms with E-state index in [0.29, 0.717) is 13.0 Å². The molecule has 0 fully saturated rings. The molecule has 1 heterocycles. The number of nitrogens with zero attached hydrogens (tertiary/aromatic N) is 2. The molecule has 0 unspecified atom stereocenters. The van der Waals surface area contributed by atoms with Gasteiger partial charge >= 0.3 is 5.69 Å². The standard InChI is InChI=1S/C14H18FN3O2S/c1-3-9-18-13(19)16-17-14(18)21(20)12(4-2)10-5-7-11(15)8-6-10/h5-8,12H,3-4,9H2,1-2H3,(H,16,19)/t12-,21+/m1/s1. The van der Waals surface area contributed by atoms with Crippen molar-refractivity contribution in [3.8, 4) is 0 Å². The van der Waals surface area contributed by atoms with Gasteiger partial charge in [0.25, 0.3) is 0 Å². The fourth-order valence-electron chi connectivity index (χ4n) is 2.19. The largest absolute Gasteiger partial charge is 0.344 e. The fourth-order valence-corrected chi connectivity index (χ4v) is 3.68. The van der Waals surface area contributed by atoms with Crippen molar-refractivity contribution in [2.24, 2.45) is 0 Å². The first kappa shape index (κ1) is 15.6. The Morgan fingerprint density at radius 1 is 1.33 bits per heavy atom. The molecule has 1 aromatic carbocycles. The first-order valence-corrected chi connectivity index (χ1v) is 8.11. The van der Waals surface area contributed by atoms with E-state index in [1.807, 2.05) is 13.8 Å². The third kappa shape index (κ3) is 3.29. The van der Waals surface area contributed by atoms with Crippen molar-refractivity contribution in [3.63, 3.8) is 0 Å². The Labute approximate surface area is 124 Å². The van der Waals surface area contributed by atoms with Crippen molar-refractivity contribution >= 4 is 10.8 Å². The van der Waals surface area contributed by atoms with E-state index in [1.54, 1.807) is 12.1 Å². The van der Waals surface area contributed by atoms with Crippen LogP contribution in [0.2, 0.25) is 0 Å². The lowest BCUT2D eigenvalue weighted by Crippen LogP contribution is -2.20. The highest BCUT2D eigenvalue weighted by molar-refractivity contribution is 7.85. The molecule has 0 amide bonds. The van der Waals surface area contributed by atoms with Gasteiger partial charge in [0.2, 0.25) is 5.16 Å². The predicted molar refractivity (Wildman–Crippen MR) is 79.0 cm³/mol. The highest BCUT2D eigenvalue weighted by Gasteiger charge is 2.24. The molecule has 21 heavy (non-hydrogen) atoms. The summed E-state index contributed by atoms with van der Waals surface area (Å²) >= 11 is 0. The van der Waals surface area contributed by atoms with Crippen molar-refractivity contribution in [2.75, 3.05) is 0 Å².